The smallest absolute Gasteiger partial charge is 0.283 e. The molecule has 5 nitrogen and oxygen atoms in total. The molecule has 0 aliphatic carbocycles. The third-order valence-electron chi connectivity index (χ3n) is 4.80. The zero-order chi connectivity index (χ0) is 22.5. The summed E-state index contributed by atoms with van der Waals surface area (Å²) < 4.78 is 12.3. The van der Waals surface area contributed by atoms with Crippen molar-refractivity contribution in [3.05, 3.63) is 93.3 Å². The predicted octanol–water partition coefficient (Wildman–Crippen LogP) is 6.21. The molecule has 1 amide bonds. The van der Waals surface area contributed by atoms with Crippen molar-refractivity contribution in [1.82, 2.24) is 5.43 Å². The second-order valence-electron chi connectivity index (χ2n) is 7.13. The normalized spacial score (nSPS) is 11.1. The number of hydrogen-bond donors (Lipinski definition) is 1. The molecule has 0 unspecified atom stereocenters. The van der Waals surface area contributed by atoms with Crippen LogP contribution in [0.4, 0.5) is 0 Å². The van der Waals surface area contributed by atoms with E-state index in [4.69, 9.17) is 21.1 Å². The Morgan fingerprint density at radius 3 is 2.69 bits per heavy atom. The second kappa shape index (κ2) is 9.85. The molecule has 0 aliphatic rings. The fourth-order valence-electron chi connectivity index (χ4n) is 3.15. The van der Waals surface area contributed by atoms with Crippen LogP contribution in [0.25, 0.3) is 10.1 Å². The van der Waals surface area contributed by atoms with Crippen molar-refractivity contribution in [2.75, 3.05) is 7.11 Å². The van der Waals surface area contributed by atoms with Gasteiger partial charge in [0.2, 0.25) is 0 Å². The van der Waals surface area contributed by atoms with Crippen molar-refractivity contribution in [2.45, 2.75) is 13.5 Å². The molecule has 0 radical (unpaired) electrons. The van der Waals surface area contributed by atoms with Gasteiger partial charge in [0.1, 0.15) is 11.5 Å². The quantitative estimate of drug-likeness (QED) is 0.261. The molecule has 0 spiro atoms. The lowest BCUT2D eigenvalue weighted by Crippen LogP contribution is -2.16. The summed E-state index contributed by atoms with van der Waals surface area (Å²) >= 11 is 7.75. The SMILES string of the molecule is COc1cc(/C=N/NC(=O)c2sc3cc(C)ccc3c2Cl)ccc1OCc1ccccc1. The highest BCUT2D eigenvalue weighted by Crippen LogP contribution is 2.35. The minimum absolute atomic E-state index is 0.347. The molecule has 0 atom stereocenters. The number of amides is 1. The summed E-state index contributed by atoms with van der Waals surface area (Å²) in [7, 11) is 1.58. The summed E-state index contributed by atoms with van der Waals surface area (Å²) in [5.41, 5.74) is 5.49. The number of nitrogens with one attached hydrogen (secondary N) is 1. The fourth-order valence-corrected chi connectivity index (χ4v) is 4.66. The van der Waals surface area contributed by atoms with E-state index >= 15 is 0 Å². The van der Waals surface area contributed by atoms with Gasteiger partial charge >= 0.3 is 0 Å². The van der Waals surface area contributed by atoms with Gasteiger partial charge in [-0.25, -0.2) is 5.43 Å². The molecule has 1 aromatic heterocycles. The second-order valence-corrected chi connectivity index (χ2v) is 8.56. The highest BCUT2D eigenvalue weighted by Gasteiger charge is 2.16. The number of halogens is 1. The van der Waals surface area contributed by atoms with Crippen LogP contribution in [0.5, 0.6) is 11.5 Å². The Morgan fingerprint density at radius 1 is 1.09 bits per heavy atom. The summed E-state index contributed by atoms with van der Waals surface area (Å²) in [6.45, 7) is 2.44. The van der Waals surface area contributed by atoms with Crippen LogP contribution in [0, 0.1) is 6.92 Å². The van der Waals surface area contributed by atoms with Crippen LogP contribution in [0.1, 0.15) is 26.4 Å². The molecule has 0 saturated carbocycles. The number of nitrogens with zero attached hydrogens (tertiary/aromatic N) is 1. The van der Waals surface area contributed by atoms with E-state index in [1.807, 2.05) is 67.6 Å². The van der Waals surface area contributed by atoms with Crippen LogP contribution in [-0.2, 0) is 6.61 Å². The molecular weight excluding hydrogens is 444 g/mol. The van der Waals surface area contributed by atoms with Gasteiger partial charge in [-0.1, -0.05) is 54.1 Å². The number of carbonyl (C=O) groups excluding carboxylic acids is 1. The topological polar surface area (TPSA) is 59.9 Å². The number of rotatable bonds is 7. The Labute approximate surface area is 195 Å². The van der Waals surface area contributed by atoms with Gasteiger partial charge in [-0.15, -0.1) is 11.3 Å². The van der Waals surface area contributed by atoms with Crippen molar-refractivity contribution in [2.24, 2.45) is 5.10 Å². The highest BCUT2D eigenvalue weighted by molar-refractivity contribution is 7.21. The molecule has 4 aromatic rings. The van der Waals surface area contributed by atoms with Crippen molar-refractivity contribution >= 4 is 45.1 Å². The number of benzene rings is 3. The van der Waals surface area contributed by atoms with Crippen LogP contribution in [0.15, 0.2) is 71.8 Å². The zero-order valence-corrected chi connectivity index (χ0v) is 19.2. The van der Waals surface area contributed by atoms with Gasteiger partial charge in [-0.2, -0.15) is 5.10 Å². The lowest BCUT2D eigenvalue weighted by molar-refractivity contribution is 0.0959. The van der Waals surface area contributed by atoms with E-state index in [0.29, 0.717) is 28.0 Å². The van der Waals surface area contributed by atoms with Crippen LogP contribution >= 0.6 is 22.9 Å². The third-order valence-corrected chi connectivity index (χ3v) is 6.45. The number of hydrazone groups is 1. The molecule has 3 aromatic carbocycles. The van der Waals surface area contributed by atoms with Gasteiger partial charge in [0.05, 0.1) is 18.3 Å². The van der Waals surface area contributed by atoms with Crippen LogP contribution in [0.3, 0.4) is 0 Å². The molecule has 162 valence electrons. The molecule has 0 aliphatic heterocycles. The van der Waals surface area contributed by atoms with E-state index in [1.165, 1.54) is 11.3 Å². The first-order valence-corrected chi connectivity index (χ1v) is 11.1. The standard InChI is InChI=1S/C25H21ClN2O3S/c1-16-8-10-19-22(12-16)32-24(23(19)26)25(29)28-27-14-18-9-11-20(21(13-18)30-2)31-15-17-6-4-3-5-7-17/h3-14H,15H2,1-2H3,(H,28,29)/b27-14+. The summed E-state index contributed by atoms with van der Waals surface area (Å²) in [4.78, 5) is 13.0. The van der Waals surface area contributed by atoms with Gasteiger partial charge in [0.15, 0.2) is 11.5 Å². The maximum absolute atomic E-state index is 12.6. The van der Waals surface area contributed by atoms with E-state index in [2.05, 4.69) is 10.5 Å². The van der Waals surface area contributed by atoms with Crippen molar-refractivity contribution < 1.29 is 14.3 Å². The Morgan fingerprint density at radius 2 is 1.91 bits per heavy atom. The van der Waals surface area contributed by atoms with E-state index in [1.54, 1.807) is 19.4 Å². The average Bonchev–Trinajstić information content (AvgIpc) is 3.14. The van der Waals surface area contributed by atoms with Crippen molar-refractivity contribution in [1.29, 1.82) is 0 Å². The van der Waals surface area contributed by atoms with E-state index in [0.717, 1.165) is 26.8 Å². The van der Waals surface area contributed by atoms with Crippen LogP contribution in [0.2, 0.25) is 5.02 Å². The number of hydrogen-bond acceptors (Lipinski definition) is 5. The largest absolute Gasteiger partial charge is 0.493 e. The summed E-state index contributed by atoms with van der Waals surface area (Å²) in [6.07, 6.45) is 1.55. The Hall–Kier alpha value is -3.35. The van der Waals surface area contributed by atoms with Gasteiger partial charge < -0.3 is 9.47 Å². The van der Waals surface area contributed by atoms with Gasteiger partial charge in [-0.05, 0) is 47.9 Å². The van der Waals surface area contributed by atoms with Gasteiger partial charge in [0.25, 0.3) is 5.91 Å². The number of fused-ring (bicyclic) bond motifs is 1. The average molecular weight is 465 g/mol. The van der Waals surface area contributed by atoms with Crippen molar-refractivity contribution in [3.63, 3.8) is 0 Å². The molecule has 4 rings (SSSR count). The molecule has 1 N–H and O–H groups in total. The Kier molecular flexibility index (Phi) is 6.73. The number of carbonyl (C=O) groups is 1. The Balaban J connectivity index is 1.43. The van der Waals surface area contributed by atoms with E-state index in [9.17, 15) is 4.79 Å². The first kappa shape index (κ1) is 21.9. The van der Waals surface area contributed by atoms with Crippen LogP contribution < -0.4 is 14.9 Å². The number of thiophene rings is 1. The number of aryl methyl sites for hydroxylation is 1. The summed E-state index contributed by atoms with van der Waals surface area (Å²) in [5, 5.41) is 5.38. The first-order valence-electron chi connectivity index (χ1n) is 9.92. The Bertz CT molecular complexity index is 1290. The number of ether oxygens (including phenoxy) is 2. The van der Waals surface area contributed by atoms with Crippen molar-refractivity contribution in [3.8, 4) is 11.5 Å². The lowest BCUT2D eigenvalue weighted by atomic mass is 10.2. The van der Waals surface area contributed by atoms with Gasteiger partial charge in [0, 0.05) is 10.1 Å². The fraction of sp³-hybridized carbons (Fsp3) is 0.120. The highest BCUT2D eigenvalue weighted by atomic mass is 35.5. The maximum Gasteiger partial charge on any atom is 0.283 e. The summed E-state index contributed by atoms with van der Waals surface area (Å²) in [6, 6.07) is 21.3. The molecule has 1 heterocycles. The third kappa shape index (κ3) is 4.93. The molecule has 32 heavy (non-hydrogen) atoms. The predicted molar refractivity (Wildman–Crippen MR) is 130 cm³/mol. The van der Waals surface area contributed by atoms with E-state index in [-0.39, 0.29) is 5.91 Å². The zero-order valence-electron chi connectivity index (χ0n) is 17.6. The maximum atomic E-state index is 12.6. The number of methoxy groups -OCH3 is 1. The molecule has 0 fully saturated rings. The first-order chi connectivity index (χ1) is 15.5. The summed E-state index contributed by atoms with van der Waals surface area (Å²) in [5.74, 6) is 0.865. The molecule has 7 heteroatoms. The molecule has 0 bridgehead atoms. The molecular formula is C25H21ClN2O3S. The molecule has 0 saturated heterocycles. The van der Waals surface area contributed by atoms with Crippen LogP contribution in [-0.4, -0.2) is 19.2 Å². The monoisotopic (exact) mass is 464 g/mol. The minimum atomic E-state index is -0.347. The lowest BCUT2D eigenvalue weighted by Gasteiger charge is -2.11. The van der Waals surface area contributed by atoms with Gasteiger partial charge in [-0.3, -0.25) is 4.79 Å². The minimum Gasteiger partial charge on any atom is -0.493 e. The van der Waals surface area contributed by atoms with E-state index < -0.39 is 0 Å².